The van der Waals surface area contributed by atoms with Gasteiger partial charge in [0.2, 0.25) is 0 Å². The average Bonchev–Trinajstić information content (AvgIpc) is 3.34. The van der Waals surface area contributed by atoms with Crippen LogP contribution in [0.2, 0.25) is 0 Å². The summed E-state index contributed by atoms with van der Waals surface area (Å²) in [6.07, 6.45) is 4.32. The molecule has 0 bridgehead atoms. The van der Waals surface area contributed by atoms with Crippen LogP contribution >= 0.6 is 11.3 Å². The van der Waals surface area contributed by atoms with Gasteiger partial charge >= 0.3 is 0 Å². The summed E-state index contributed by atoms with van der Waals surface area (Å²) in [6, 6.07) is 13.3. The van der Waals surface area contributed by atoms with E-state index in [-0.39, 0.29) is 5.91 Å². The van der Waals surface area contributed by atoms with Crippen LogP contribution in [-0.2, 0) is 12.8 Å². The molecule has 0 spiro atoms. The van der Waals surface area contributed by atoms with Gasteiger partial charge in [-0.1, -0.05) is 12.1 Å². The summed E-state index contributed by atoms with van der Waals surface area (Å²) in [4.78, 5) is 26.8. The van der Waals surface area contributed by atoms with Crippen LogP contribution in [0.15, 0.2) is 36.4 Å². The van der Waals surface area contributed by atoms with Gasteiger partial charge in [-0.25, -0.2) is 9.97 Å². The van der Waals surface area contributed by atoms with Crippen molar-refractivity contribution in [3.8, 4) is 17.5 Å². The molecule has 0 fully saturated rings. The van der Waals surface area contributed by atoms with Crippen molar-refractivity contribution < 1.29 is 4.79 Å². The number of rotatable bonds is 3. The van der Waals surface area contributed by atoms with Crippen LogP contribution in [-0.4, -0.2) is 20.9 Å². The number of nitriles is 1. The highest BCUT2D eigenvalue weighted by Gasteiger charge is 2.25. The lowest BCUT2D eigenvalue weighted by atomic mass is 9.95. The molecule has 0 aliphatic heterocycles. The third kappa shape index (κ3) is 3.15. The van der Waals surface area contributed by atoms with Crippen molar-refractivity contribution in [2.24, 2.45) is 0 Å². The van der Waals surface area contributed by atoms with Crippen LogP contribution in [0.1, 0.15) is 45.0 Å². The third-order valence-corrected chi connectivity index (χ3v) is 6.67. The molecule has 0 unspecified atom stereocenters. The van der Waals surface area contributed by atoms with E-state index in [1.54, 1.807) is 30.4 Å². The number of nitrogens with zero attached hydrogens (tertiary/aromatic N) is 3. The summed E-state index contributed by atoms with van der Waals surface area (Å²) in [5.41, 5.74) is 5.48. The molecule has 0 saturated heterocycles. The van der Waals surface area contributed by atoms with Gasteiger partial charge in [0.15, 0.2) is 0 Å². The lowest BCUT2D eigenvalue weighted by molar-refractivity contribution is 0.102. The number of carbonyl (C=O) groups is 1. The minimum atomic E-state index is -0.279. The van der Waals surface area contributed by atoms with Crippen LogP contribution in [0.5, 0.6) is 0 Å². The predicted molar refractivity (Wildman–Crippen MR) is 118 cm³/mol. The number of carbonyl (C=O) groups excluding carboxylic acids is 1. The number of para-hydroxylation sites is 2. The number of aromatic nitrogens is 3. The van der Waals surface area contributed by atoms with Crippen molar-refractivity contribution in [3.63, 3.8) is 0 Å². The molecule has 0 atom stereocenters. The van der Waals surface area contributed by atoms with Gasteiger partial charge in [0.1, 0.15) is 22.6 Å². The topological polar surface area (TPSA) is 94.5 Å². The molecule has 6 nitrogen and oxygen atoms in total. The van der Waals surface area contributed by atoms with Gasteiger partial charge in [-0.3, -0.25) is 4.79 Å². The average molecular weight is 414 g/mol. The molecule has 2 N–H and O–H groups in total. The summed E-state index contributed by atoms with van der Waals surface area (Å²) in [5, 5.41) is 13.0. The number of aromatic amines is 1. The van der Waals surface area contributed by atoms with Gasteiger partial charge in [-0.2, -0.15) is 5.26 Å². The number of benzene rings is 1. The lowest BCUT2D eigenvalue weighted by Gasteiger charge is -2.12. The van der Waals surface area contributed by atoms with Gasteiger partial charge in [0.05, 0.1) is 27.9 Å². The number of pyridine rings is 1. The minimum absolute atomic E-state index is 0.279. The Labute approximate surface area is 177 Å². The first-order chi connectivity index (χ1) is 14.6. The first-order valence-corrected chi connectivity index (χ1v) is 10.7. The summed E-state index contributed by atoms with van der Waals surface area (Å²) in [5.74, 6) is 0.508. The molecule has 3 aromatic heterocycles. The molecule has 0 radical (unpaired) electrons. The molecule has 1 amide bonds. The van der Waals surface area contributed by atoms with Crippen LogP contribution in [0.25, 0.3) is 22.4 Å². The van der Waals surface area contributed by atoms with E-state index in [9.17, 15) is 4.79 Å². The van der Waals surface area contributed by atoms with Crippen LogP contribution in [0.4, 0.5) is 5.00 Å². The Balaban J connectivity index is 1.57. The maximum Gasteiger partial charge on any atom is 0.274 e. The molecule has 0 saturated carbocycles. The summed E-state index contributed by atoms with van der Waals surface area (Å²) < 4.78 is 0. The van der Waals surface area contributed by atoms with Gasteiger partial charge in [0.25, 0.3) is 5.91 Å². The van der Waals surface area contributed by atoms with E-state index in [0.717, 1.165) is 53.1 Å². The Bertz CT molecular complexity index is 1290. The number of anilines is 1. The van der Waals surface area contributed by atoms with Crippen molar-refractivity contribution in [2.45, 2.75) is 32.6 Å². The first kappa shape index (κ1) is 18.5. The zero-order chi connectivity index (χ0) is 20.7. The van der Waals surface area contributed by atoms with E-state index in [2.05, 4.69) is 21.4 Å². The molecule has 3 heterocycles. The Morgan fingerprint density at radius 3 is 2.80 bits per heavy atom. The SMILES string of the molecule is Cc1nc(C(=O)Nc2sc3c(c2-c2nc4ccccc4[nH]2)CCCC3)ccc1C#N. The van der Waals surface area contributed by atoms with Gasteiger partial charge in [0, 0.05) is 4.88 Å². The van der Waals surface area contributed by atoms with Crippen molar-refractivity contribution >= 4 is 33.3 Å². The number of imidazole rings is 1. The van der Waals surface area contributed by atoms with E-state index in [4.69, 9.17) is 10.2 Å². The van der Waals surface area contributed by atoms with E-state index < -0.39 is 0 Å². The summed E-state index contributed by atoms with van der Waals surface area (Å²) >= 11 is 1.63. The molecule has 30 heavy (non-hydrogen) atoms. The largest absolute Gasteiger partial charge is 0.338 e. The molecule has 5 rings (SSSR count). The quantitative estimate of drug-likeness (QED) is 0.494. The van der Waals surface area contributed by atoms with Crippen molar-refractivity contribution in [1.82, 2.24) is 15.0 Å². The number of hydrogen-bond donors (Lipinski definition) is 2. The first-order valence-electron chi connectivity index (χ1n) is 9.93. The monoisotopic (exact) mass is 413 g/mol. The predicted octanol–water partition coefficient (Wildman–Crippen LogP) is 5.00. The molecule has 1 aromatic carbocycles. The second-order valence-electron chi connectivity index (χ2n) is 7.41. The number of fused-ring (bicyclic) bond motifs is 2. The summed E-state index contributed by atoms with van der Waals surface area (Å²) in [6.45, 7) is 1.74. The fourth-order valence-corrected chi connectivity index (χ4v) is 5.23. The number of nitrogens with one attached hydrogen (secondary N) is 2. The van der Waals surface area contributed by atoms with Crippen LogP contribution < -0.4 is 5.32 Å². The highest BCUT2D eigenvalue weighted by Crippen LogP contribution is 2.43. The van der Waals surface area contributed by atoms with E-state index in [1.807, 2.05) is 24.3 Å². The van der Waals surface area contributed by atoms with Gasteiger partial charge in [-0.05, 0) is 62.4 Å². The van der Waals surface area contributed by atoms with E-state index >= 15 is 0 Å². The number of thiophene rings is 1. The zero-order valence-electron chi connectivity index (χ0n) is 16.5. The molecule has 1 aliphatic carbocycles. The molecule has 4 aromatic rings. The van der Waals surface area contributed by atoms with Crippen molar-refractivity contribution in [2.75, 3.05) is 5.32 Å². The second kappa shape index (κ2) is 7.39. The molecule has 7 heteroatoms. The van der Waals surface area contributed by atoms with Crippen molar-refractivity contribution in [1.29, 1.82) is 5.26 Å². The molecular weight excluding hydrogens is 394 g/mol. The third-order valence-electron chi connectivity index (χ3n) is 5.46. The number of hydrogen-bond acceptors (Lipinski definition) is 5. The minimum Gasteiger partial charge on any atom is -0.338 e. The fourth-order valence-electron chi connectivity index (χ4n) is 3.95. The Morgan fingerprint density at radius 2 is 2.00 bits per heavy atom. The highest BCUT2D eigenvalue weighted by molar-refractivity contribution is 7.17. The standard InChI is InChI=1S/C23H19N5OS/c1-13-14(12-24)10-11-18(25-13)22(29)28-23-20(15-6-2-5-9-19(15)30-23)21-26-16-7-3-4-8-17(16)27-21/h3-4,7-8,10-11H,2,5-6,9H2,1H3,(H,26,27)(H,28,29). The Hall–Kier alpha value is -3.50. The second-order valence-corrected chi connectivity index (χ2v) is 8.52. The van der Waals surface area contributed by atoms with Gasteiger partial charge < -0.3 is 10.3 Å². The maximum absolute atomic E-state index is 13.0. The number of aryl methyl sites for hydroxylation is 2. The number of H-pyrrole nitrogens is 1. The smallest absolute Gasteiger partial charge is 0.274 e. The molecule has 148 valence electrons. The zero-order valence-corrected chi connectivity index (χ0v) is 17.3. The van der Waals surface area contributed by atoms with Crippen molar-refractivity contribution in [3.05, 3.63) is 63.8 Å². The van der Waals surface area contributed by atoms with E-state index in [1.165, 1.54) is 10.4 Å². The normalized spacial score (nSPS) is 13.1. The van der Waals surface area contributed by atoms with Crippen LogP contribution in [0.3, 0.4) is 0 Å². The number of amides is 1. The lowest BCUT2D eigenvalue weighted by Crippen LogP contribution is -2.14. The van der Waals surface area contributed by atoms with Gasteiger partial charge in [-0.15, -0.1) is 11.3 Å². The van der Waals surface area contributed by atoms with Crippen LogP contribution in [0, 0.1) is 18.3 Å². The Morgan fingerprint density at radius 1 is 1.17 bits per heavy atom. The molecule has 1 aliphatic rings. The fraction of sp³-hybridized carbons (Fsp3) is 0.217. The summed E-state index contributed by atoms with van der Waals surface area (Å²) in [7, 11) is 0. The highest BCUT2D eigenvalue weighted by atomic mass is 32.1. The molecular formula is C23H19N5OS. The Kier molecular flexibility index (Phi) is 4.57. The maximum atomic E-state index is 13.0. The van der Waals surface area contributed by atoms with E-state index in [0.29, 0.717) is 17.0 Å².